The van der Waals surface area contributed by atoms with Crippen LogP contribution in [0.1, 0.15) is 27.9 Å². The highest BCUT2D eigenvalue weighted by atomic mass is 35.5. The van der Waals surface area contributed by atoms with Gasteiger partial charge in [-0.05, 0) is 116 Å². The molecule has 2 atom stereocenters. The molecule has 3 heterocycles. The summed E-state index contributed by atoms with van der Waals surface area (Å²) in [4.78, 5) is 31.2. The van der Waals surface area contributed by atoms with Gasteiger partial charge in [-0.3, -0.25) is 4.18 Å². The molecule has 0 fully saturated rings. The smallest absolute Gasteiger partial charge is 0.345 e. The van der Waals surface area contributed by atoms with Gasteiger partial charge in [-0.25, -0.2) is 24.1 Å². The van der Waals surface area contributed by atoms with E-state index in [-0.39, 0.29) is 75.4 Å². The first kappa shape index (κ1) is 52.7. The average Bonchev–Trinajstić information content (AvgIpc) is 3.78. The summed E-state index contributed by atoms with van der Waals surface area (Å²) in [6, 6.07) is 26.8. The number of aliphatic carboxylic acids is 1. The summed E-state index contributed by atoms with van der Waals surface area (Å²) in [6.45, 7) is 8.34. The summed E-state index contributed by atoms with van der Waals surface area (Å²) in [6.07, 6.45) is 1.32. The molecule has 74 heavy (non-hydrogen) atoms. The van der Waals surface area contributed by atoms with Gasteiger partial charge in [-0.15, -0.1) is 6.58 Å². The molecule has 20 heteroatoms. The van der Waals surface area contributed by atoms with Crippen molar-refractivity contribution >= 4 is 50.3 Å². The van der Waals surface area contributed by atoms with Crippen molar-refractivity contribution in [3.8, 4) is 57.2 Å². The van der Waals surface area contributed by atoms with E-state index in [0.29, 0.717) is 56.4 Å². The van der Waals surface area contributed by atoms with Gasteiger partial charge in [0, 0.05) is 18.2 Å². The Bertz CT molecular complexity index is 3440. The Morgan fingerprint density at radius 1 is 0.878 bits per heavy atom. The zero-order valence-corrected chi connectivity index (χ0v) is 42.6. The van der Waals surface area contributed by atoms with E-state index in [9.17, 15) is 27.8 Å². The number of aromatic hydroxyl groups is 1. The van der Waals surface area contributed by atoms with Crippen molar-refractivity contribution in [3.63, 3.8) is 0 Å². The van der Waals surface area contributed by atoms with Gasteiger partial charge in [0.1, 0.15) is 54.2 Å². The molecule has 0 spiro atoms. The highest BCUT2D eigenvalue weighted by Crippen LogP contribution is 2.46. The van der Waals surface area contributed by atoms with Crippen LogP contribution in [0.4, 0.5) is 4.39 Å². The van der Waals surface area contributed by atoms with Gasteiger partial charge < -0.3 is 38.5 Å². The van der Waals surface area contributed by atoms with Gasteiger partial charge in [0.05, 0.1) is 63.4 Å². The molecule has 1 unspecified atom stereocenters. The minimum atomic E-state index is -4.22. The van der Waals surface area contributed by atoms with E-state index in [1.807, 2.05) is 25.1 Å². The van der Waals surface area contributed by atoms with E-state index in [2.05, 4.69) is 26.5 Å². The number of rotatable bonds is 22. The largest absolute Gasteiger partial charge is 0.508 e. The third kappa shape index (κ3) is 11.8. The standard InChI is InChI=1S/C54H48Cl2FN5O11S/c1-6-23-69-28-39(29-71-74(66,67)40-18-11-31(2)12-19-40)72-51-47(55)32(3)49(33(4)48(51)56)62-43(34-13-15-36(57)16-14-34)26-42-50(62)53(60-30-59-42)73-46(54(64)65)25-35-24-38(63)17-20-44(35)70-27-37-21-22-58-52(61-37)41-9-7-8-10-45(41)68-5/h6-22,24,26,30,39,46,63H,1,23,25,27-29H2,2-5H3,(H,64,65)/t39-,46?/m1/s1. The number of para-hydroxylation sites is 1. The Morgan fingerprint density at radius 3 is 2.31 bits per heavy atom. The quantitative estimate of drug-likeness (QED) is 0.0368. The number of fused-ring (bicyclic) bond motifs is 1. The second-order valence-electron chi connectivity index (χ2n) is 16.8. The van der Waals surface area contributed by atoms with Gasteiger partial charge in [-0.1, -0.05) is 59.1 Å². The fourth-order valence-electron chi connectivity index (χ4n) is 7.99. The maximum absolute atomic E-state index is 14.4. The number of halogens is 3. The zero-order valence-electron chi connectivity index (χ0n) is 40.3. The fourth-order valence-corrected chi connectivity index (χ4v) is 9.44. The predicted molar refractivity (Wildman–Crippen MR) is 276 cm³/mol. The van der Waals surface area contributed by atoms with Crippen molar-refractivity contribution in [1.82, 2.24) is 24.5 Å². The molecule has 0 aliphatic heterocycles. The number of phenolic OH excluding ortho intramolecular Hbond substituents is 1. The maximum atomic E-state index is 14.4. The number of phenols is 1. The Hall–Kier alpha value is -7.61. The first-order valence-corrected chi connectivity index (χ1v) is 24.9. The number of carbonyl (C=O) groups is 1. The van der Waals surface area contributed by atoms with Crippen LogP contribution < -0.4 is 18.9 Å². The van der Waals surface area contributed by atoms with Crippen LogP contribution >= 0.6 is 23.2 Å². The summed E-state index contributed by atoms with van der Waals surface area (Å²) in [5.74, 6) is -0.945. The minimum Gasteiger partial charge on any atom is -0.508 e. The number of methoxy groups -OCH3 is 1. The lowest BCUT2D eigenvalue weighted by molar-refractivity contribution is -0.145. The van der Waals surface area contributed by atoms with Crippen LogP contribution in [-0.2, 0) is 36.9 Å². The summed E-state index contributed by atoms with van der Waals surface area (Å²) in [5.41, 5.74) is 4.96. The molecular weight excluding hydrogens is 1020 g/mol. The number of aryl methyl sites for hydroxylation is 1. The molecule has 0 aliphatic carbocycles. The number of carboxylic acid groups (broad SMARTS) is 1. The lowest BCUT2D eigenvalue weighted by Crippen LogP contribution is -2.30. The molecule has 0 aliphatic rings. The normalized spacial score (nSPS) is 12.3. The van der Waals surface area contributed by atoms with E-state index in [1.165, 1.54) is 54.9 Å². The molecular formula is C54H48Cl2FN5O11S. The summed E-state index contributed by atoms with van der Waals surface area (Å²) >= 11 is 14.4. The van der Waals surface area contributed by atoms with E-state index < -0.39 is 40.7 Å². The van der Waals surface area contributed by atoms with Crippen molar-refractivity contribution in [2.45, 2.75) is 50.9 Å². The zero-order chi connectivity index (χ0) is 52.7. The number of benzene rings is 5. The second-order valence-corrected chi connectivity index (χ2v) is 19.1. The van der Waals surface area contributed by atoms with Crippen molar-refractivity contribution in [3.05, 3.63) is 172 Å². The van der Waals surface area contributed by atoms with E-state index in [1.54, 1.807) is 74.2 Å². The molecule has 8 rings (SSSR count). The molecule has 0 saturated heterocycles. The van der Waals surface area contributed by atoms with Crippen LogP contribution in [0.2, 0.25) is 10.0 Å². The molecule has 3 aromatic heterocycles. The number of ether oxygens (including phenoxy) is 5. The number of hydrogen-bond acceptors (Lipinski definition) is 14. The Labute approximate surface area is 435 Å². The number of aromatic nitrogens is 5. The predicted octanol–water partition coefficient (Wildman–Crippen LogP) is 10.6. The third-order valence-corrected chi connectivity index (χ3v) is 13.9. The minimum absolute atomic E-state index is 0.00482. The highest BCUT2D eigenvalue weighted by Gasteiger charge is 2.31. The van der Waals surface area contributed by atoms with Crippen LogP contribution in [0.15, 0.2) is 133 Å². The Morgan fingerprint density at radius 2 is 1.61 bits per heavy atom. The van der Waals surface area contributed by atoms with Crippen molar-refractivity contribution in [2.75, 3.05) is 26.9 Å². The van der Waals surface area contributed by atoms with Gasteiger partial charge in [0.25, 0.3) is 10.1 Å². The number of carboxylic acids is 1. The monoisotopic (exact) mass is 1060 g/mol. The summed E-state index contributed by atoms with van der Waals surface area (Å²) in [7, 11) is -2.67. The summed E-state index contributed by atoms with van der Waals surface area (Å²) in [5, 5.41) is 21.4. The average molecular weight is 1060 g/mol. The van der Waals surface area contributed by atoms with Gasteiger partial charge in [-0.2, -0.15) is 13.4 Å². The van der Waals surface area contributed by atoms with E-state index in [4.69, 9.17) is 51.1 Å². The topological polar surface area (TPSA) is 204 Å². The lowest BCUT2D eigenvalue weighted by atomic mass is 10.1. The first-order valence-electron chi connectivity index (χ1n) is 22.8. The Balaban J connectivity index is 1.15. The molecule has 8 aromatic rings. The molecule has 0 bridgehead atoms. The van der Waals surface area contributed by atoms with Gasteiger partial charge in [0.15, 0.2) is 11.6 Å². The van der Waals surface area contributed by atoms with Crippen molar-refractivity contribution in [2.24, 2.45) is 0 Å². The third-order valence-electron chi connectivity index (χ3n) is 11.6. The molecule has 16 nitrogen and oxygen atoms in total. The number of nitrogens with zero attached hydrogens (tertiary/aromatic N) is 5. The SMILES string of the molecule is C=CCOC[C@H](COS(=O)(=O)c1ccc(C)cc1)Oc1c(Cl)c(C)c(-n2c(-c3ccc(F)cc3)cc3ncnc(OC(Cc4cc(O)ccc4OCc4ccnc(-c5ccccc5OC)n4)C(=O)O)c32)c(C)c1Cl. The summed E-state index contributed by atoms with van der Waals surface area (Å²) < 4.78 is 78.1. The second kappa shape index (κ2) is 23.1. The van der Waals surface area contributed by atoms with Gasteiger partial charge in [0.2, 0.25) is 12.0 Å². The lowest BCUT2D eigenvalue weighted by Gasteiger charge is -2.25. The molecule has 5 aromatic carbocycles. The van der Waals surface area contributed by atoms with Crippen LogP contribution in [0.25, 0.3) is 39.4 Å². The fraction of sp³-hybridized carbons (Fsp3) is 0.204. The van der Waals surface area contributed by atoms with Crippen LogP contribution in [0.5, 0.6) is 28.9 Å². The van der Waals surface area contributed by atoms with Crippen LogP contribution in [0, 0.1) is 26.6 Å². The van der Waals surface area contributed by atoms with Crippen molar-refractivity contribution in [1.29, 1.82) is 0 Å². The maximum Gasteiger partial charge on any atom is 0.345 e. The molecule has 382 valence electrons. The van der Waals surface area contributed by atoms with Crippen LogP contribution in [0.3, 0.4) is 0 Å². The number of hydrogen-bond donors (Lipinski definition) is 2. The first-order chi connectivity index (χ1) is 35.6. The highest BCUT2D eigenvalue weighted by molar-refractivity contribution is 7.86. The van der Waals surface area contributed by atoms with Crippen molar-refractivity contribution < 1.29 is 55.7 Å². The van der Waals surface area contributed by atoms with Crippen LogP contribution in [-0.4, -0.2) is 88.2 Å². The van der Waals surface area contributed by atoms with E-state index >= 15 is 0 Å². The van der Waals surface area contributed by atoms with E-state index in [0.717, 1.165) is 5.56 Å². The molecule has 0 saturated carbocycles. The molecule has 0 amide bonds. The molecule has 0 radical (unpaired) electrons. The molecule has 2 N–H and O–H groups in total. The van der Waals surface area contributed by atoms with Gasteiger partial charge >= 0.3 is 5.97 Å². The Kier molecular flexibility index (Phi) is 16.4.